The highest BCUT2D eigenvalue weighted by Gasteiger charge is 2.43. The zero-order valence-corrected chi connectivity index (χ0v) is 14.7. The van der Waals surface area contributed by atoms with E-state index >= 15 is 0 Å². The number of morpholine rings is 1. The molecule has 0 N–H and O–H groups in total. The van der Waals surface area contributed by atoms with Crippen LogP contribution >= 0.6 is 0 Å². The number of anilines is 1. The van der Waals surface area contributed by atoms with Crippen LogP contribution in [-0.4, -0.2) is 52.2 Å². The molecule has 0 unspecified atom stereocenters. The molecule has 2 aliphatic heterocycles. The van der Waals surface area contributed by atoms with Gasteiger partial charge in [0.05, 0.1) is 18.7 Å². The maximum atomic E-state index is 12.5. The molecular weight excluding hydrogens is 316 g/mol. The van der Waals surface area contributed by atoms with E-state index in [1.165, 1.54) is 0 Å². The summed E-state index contributed by atoms with van der Waals surface area (Å²) in [5.74, 6) is 1.10. The number of likely N-dealkylation sites (tertiary alicyclic amines) is 1. The Kier molecular flexibility index (Phi) is 4.31. The molecule has 2 aromatic rings. The molecule has 1 aromatic carbocycles. The number of benzene rings is 1. The summed E-state index contributed by atoms with van der Waals surface area (Å²) in [5.41, 5.74) is 0.955. The van der Waals surface area contributed by atoms with Crippen LogP contribution in [0.1, 0.15) is 25.7 Å². The van der Waals surface area contributed by atoms with Gasteiger partial charge in [0.15, 0.2) is 0 Å². The third-order valence-electron chi connectivity index (χ3n) is 5.04. The maximum Gasteiger partial charge on any atom is 0.253 e. The Morgan fingerprint density at radius 2 is 2.04 bits per heavy atom. The van der Waals surface area contributed by atoms with Gasteiger partial charge in [-0.1, -0.05) is 18.2 Å². The molecule has 2 saturated heterocycles. The lowest BCUT2D eigenvalue weighted by Crippen LogP contribution is -2.54. The van der Waals surface area contributed by atoms with Gasteiger partial charge in [-0.25, -0.2) is 4.98 Å². The van der Waals surface area contributed by atoms with Crippen molar-refractivity contribution >= 4 is 11.6 Å². The highest BCUT2D eigenvalue weighted by molar-refractivity contribution is 5.95. The van der Waals surface area contributed by atoms with Crippen molar-refractivity contribution < 1.29 is 9.53 Å². The van der Waals surface area contributed by atoms with Crippen molar-refractivity contribution in [3.8, 4) is 0 Å². The van der Waals surface area contributed by atoms with Gasteiger partial charge in [-0.15, -0.1) is 0 Å². The fourth-order valence-electron chi connectivity index (χ4n) is 3.87. The van der Waals surface area contributed by atoms with Crippen molar-refractivity contribution in [2.24, 2.45) is 0 Å². The van der Waals surface area contributed by atoms with E-state index in [0.29, 0.717) is 6.04 Å². The molecular formula is C19H24N4O2. The van der Waals surface area contributed by atoms with Crippen molar-refractivity contribution in [2.45, 2.75) is 38.6 Å². The first-order chi connectivity index (χ1) is 12.1. The Morgan fingerprint density at radius 3 is 2.80 bits per heavy atom. The molecule has 6 heteroatoms. The number of rotatable bonds is 4. The molecule has 4 rings (SSSR count). The van der Waals surface area contributed by atoms with Crippen LogP contribution in [0.2, 0.25) is 0 Å². The van der Waals surface area contributed by atoms with E-state index < -0.39 is 0 Å². The minimum Gasteiger partial charge on any atom is -0.365 e. The van der Waals surface area contributed by atoms with Crippen molar-refractivity contribution in [1.29, 1.82) is 0 Å². The first kappa shape index (κ1) is 16.3. The SMILES string of the molecule is CC(C)n1ccnc1CN1C[C@@H]2OCC(=O)N(c3ccccc3)[C@H]2C1. The molecule has 6 nitrogen and oxygen atoms in total. The molecule has 0 saturated carbocycles. The molecule has 1 amide bonds. The average Bonchev–Trinajstić information content (AvgIpc) is 3.22. The predicted molar refractivity (Wildman–Crippen MR) is 95.3 cm³/mol. The Balaban J connectivity index is 1.53. The molecule has 0 radical (unpaired) electrons. The van der Waals surface area contributed by atoms with E-state index in [1.54, 1.807) is 0 Å². The first-order valence-electron chi connectivity index (χ1n) is 8.86. The largest absolute Gasteiger partial charge is 0.365 e. The van der Waals surface area contributed by atoms with E-state index in [9.17, 15) is 4.79 Å². The number of fused-ring (bicyclic) bond motifs is 1. The molecule has 2 aliphatic rings. The van der Waals surface area contributed by atoms with Crippen LogP contribution in [0.4, 0.5) is 5.69 Å². The van der Waals surface area contributed by atoms with Gasteiger partial charge in [0, 0.05) is 37.2 Å². The summed E-state index contributed by atoms with van der Waals surface area (Å²) in [6.45, 7) is 6.88. The Morgan fingerprint density at radius 1 is 1.24 bits per heavy atom. The van der Waals surface area contributed by atoms with E-state index in [-0.39, 0.29) is 24.7 Å². The lowest BCUT2D eigenvalue weighted by molar-refractivity contribution is -0.130. The molecule has 0 aliphatic carbocycles. The highest BCUT2D eigenvalue weighted by atomic mass is 16.5. The number of aromatic nitrogens is 2. The minimum atomic E-state index is 0.0398. The summed E-state index contributed by atoms with van der Waals surface area (Å²) in [6.07, 6.45) is 3.94. The fourth-order valence-corrected chi connectivity index (χ4v) is 3.87. The predicted octanol–water partition coefficient (Wildman–Crippen LogP) is 2.08. The quantitative estimate of drug-likeness (QED) is 0.855. The fraction of sp³-hybridized carbons (Fsp3) is 0.474. The zero-order valence-electron chi connectivity index (χ0n) is 14.7. The number of para-hydroxylation sites is 1. The molecule has 0 spiro atoms. The van der Waals surface area contributed by atoms with Crippen LogP contribution < -0.4 is 4.90 Å². The molecule has 2 fully saturated rings. The van der Waals surface area contributed by atoms with Gasteiger partial charge in [-0.2, -0.15) is 0 Å². The van der Waals surface area contributed by atoms with E-state index in [2.05, 4.69) is 28.3 Å². The molecule has 1 aromatic heterocycles. The van der Waals surface area contributed by atoms with E-state index in [0.717, 1.165) is 31.1 Å². The number of hydrogen-bond acceptors (Lipinski definition) is 4. The standard InChI is InChI=1S/C19H24N4O2/c1-14(2)22-9-8-20-18(22)12-21-10-16-17(11-21)25-13-19(24)23(16)15-6-4-3-5-7-15/h3-9,14,16-17H,10-13H2,1-2H3/t16-,17-/m0/s1. The number of hydrogen-bond donors (Lipinski definition) is 0. The van der Waals surface area contributed by atoms with Crippen molar-refractivity contribution in [3.63, 3.8) is 0 Å². The monoisotopic (exact) mass is 340 g/mol. The summed E-state index contributed by atoms with van der Waals surface area (Å²) in [7, 11) is 0. The van der Waals surface area contributed by atoms with Gasteiger partial charge in [0.2, 0.25) is 0 Å². The molecule has 3 heterocycles. The van der Waals surface area contributed by atoms with Gasteiger partial charge in [-0.05, 0) is 26.0 Å². The third-order valence-corrected chi connectivity index (χ3v) is 5.04. The number of nitrogens with zero attached hydrogens (tertiary/aromatic N) is 4. The number of imidazole rings is 1. The van der Waals surface area contributed by atoms with E-state index in [1.807, 2.05) is 47.6 Å². The van der Waals surface area contributed by atoms with Crippen LogP contribution in [-0.2, 0) is 16.1 Å². The normalized spacial score (nSPS) is 24.1. The molecule has 25 heavy (non-hydrogen) atoms. The van der Waals surface area contributed by atoms with Crippen LogP contribution in [0.25, 0.3) is 0 Å². The molecule has 2 atom stereocenters. The summed E-state index contributed by atoms with van der Waals surface area (Å²) in [6, 6.07) is 10.4. The lowest BCUT2D eigenvalue weighted by Gasteiger charge is -2.36. The lowest BCUT2D eigenvalue weighted by atomic mass is 10.1. The van der Waals surface area contributed by atoms with Gasteiger partial charge in [0.1, 0.15) is 12.4 Å². The number of carbonyl (C=O) groups excluding carboxylic acids is 1. The number of amides is 1. The van der Waals surface area contributed by atoms with Gasteiger partial charge >= 0.3 is 0 Å². The van der Waals surface area contributed by atoms with Crippen LogP contribution in [0.3, 0.4) is 0 Å². The summed E-state index contributed by atoms with van der Waals surface area (Å²) in [5, 5.41) is 0. The van der Waals surface area contributed by atoms with Gasteiger partial charge < -0.3 is 14.2 Å². The Hall–Kier alpha value is -2.18. The topological polar surface area (TPSA) is 50.6 Å². The Labute approximate surface area is 148 Å². The van der Waals surface area contributed by atoms with Crippen LogP contribution in [0, 0.1) is 0 Å². The number of ether oxygens (including phenoxy) is 1. The second-order valence-corrected chi connectivity index (χ2v) is 7.05. The minimum absolute atomic E-state index is 0.0398. The highest BCUT2D eigenvalue weighted by Crippen LogP contribution is 2.29. The summed E-state index contributed by atoms with van der Waals surface area (Å²) in [4.78, 5) is 21.2. The van der Waals surface area contributed by atoms with Gasteiger partial charge in [-0.3, -0.25) is 9.69 Å². The first-order valence-corrected chi connectivity index (χ1v) is 8.86. The number of carbonyl (C=O) groups is 1. The van der Waals surface area contributed by atoms with Crippen molar-refractivity contribution in [3.05, 3.63) is 48.5 Å². The smallest absolute Gasteiger partial charge is 0.253 e. The van der Waals surface area contributed by atoms with Crippen molar-refractivity contribution in [1.82, 2.24) is 14.5 Å². The molecule has 0 bridgehead atoms. The second kappa shape index (κ2) is 6.61. The maximum absolute atomic E-state index is 12.5. The van der Waals surface area contributed by atoms with Crippen LogP contribution in [0.5, 0.6) is 0 Å². The Bertz CT molecular complexity index is 743. The second-order valence-electron chi connectivity index (χ2n) is 7.05. The third kappa shape index (κ3) is 3.07. The average molecular weight is 340 g/mol. The summed E-state index contributed by atoms with van der Waals surface area (Å²) >= 11 is 0. The summed E-state index contributed by atoms with van der Waals surface area (Å²) < 4.78 is 8.03. The zero-order chi connectivity index (χ0) is 17.4. The van der Waals surface area contributed by atoms with Crippen LogP contribution in [0.15, 0.2) is 42.7 Å². The van der Waals surface area contributed by atoms with Crippen molar-refractivity contribution in [2.75, 3.05) is 24.6 Å². The molecule has 132 valence electrons. The van der Waals surface area contributed by atoms with E-state index in [4.69, 9.17) is 4.74 Å². The van der Waals surface area contributed by atoms with Gasteiger partial charge in [0.25, 0.3) is 5.91 Å².